The predicted octanol–water partition coefficient (Wildman–Crippen LogP) is 3.87. The van der Waals surface area contributed by atoms with E-state index in [1.807, 2.05) is 37.3 Å². The van der Waals surface area contributed by atoms with E-state index < -0.39 is 0 Å². The molecule has 1 aromatic heterocycles. The van der Waals surface area contributed by atoms with Crippen molar-refractivity contribution in [1.82, 2.24) is 10.3 Å². The van der Waals surface area contributed by atoms with Crippen LogP contribution in [0.1, 0.15) is 29.9 Å². The zero-order valence-electron chi connectivity index (χ0n) is 17.8. The largest absolute Gasteiger partial charge is 0.441 e. The van der Waals surface area contributed by atoms with Gasteiger partial charge < -0.3 is 19.8 Å². The summed E-state index contributed by atoms with van der Waals surface area (Å²) in [4.78, 5) is 28.4. The summed E-state index contributed by atoms with van der Waals surface area (Å²) in [5.74, 6) is 0.837. The first-order chi connectivity index (χ1) is 15.0. The fourth-order valence-electron chi connectivity index (χ4n) is 3.14. The second kappa shape index (κ2) is 11.1. The average molecular weight is 421 g/mol. The Balaban J connectivity index is 1.53. The van der Waals surface area contributed by atoms with Gasteiger partial charge in [0.15, 0.2) is 0 Å². The monoisotopic (exact) mass is 421 g/mol. The minimum atomic E-state index is -0.237. The van der Waals surface area contributed by atoms with E-state index in [0.29, 0.717) is 36.0 Å². The molecule has 0 unspecified atom stereocenters. The van der Waals surface area contributed by atoms with Crippen LogP contribution in [0, 0.1) is 6.92 Å². The number of carbonyl (C=O) groups is 2. The fraction of sp³-hybridized carbons (Fsp3) is 0.292. The third-order valence-electron chi connectivity index (χ3n) is 4.73. The highest BCUT2D eigenvalue weighted by Crippen LogP contribution is 2.24. The van der Waals surface area contributed by atoms with Gasteiger partial charge in [0.05, 0.1) is 6.54 Å². The quantitative estimate of drug-likeness (QED) is 0.518. The van der Waals surface area contributed by atoms with Crippen LogP contribution in [0.2, 0.25) is 0 Å². The lowest BCUT2D eigenvalue weighted by Crippen LogP contribution is -2.23. The molecule has 0 aliphatic carbocycles. The van der Waals surface area contributed by atoms with E-state index in [2.05, 4.69) is 27.8 Å². The zero-order valence-corrected chi connectivity index (χ0v) is 17.8. The molecule has 0 aliphatic rings. The van der Waals surface area contributed by atoms with E-state index in [0.717, 1.165) is 18.4 Å². The van der Waals surface area contributed by atoms with Crippen LogP contribution >= 0.6 is 0 Å². The number of nitrogens with one attached hydrogen (secondary N) is 2. The molecule has 2 aromatic carbocycles. The van der Waals surface area contributed by atoms with Crippen LogP contribution in [0.5, 0.6) is 0 Å². The van der Waals surface area contributed by atoms with Crippen LogP contribution in [0.15, 0.2) is 59.0 Å². The molecule has 31 heavy (non-hydrogen) atoms. The van der Waals surface area contributed by atoms with Crippen LogP contribution in [-0.4, -0.2) is 30.5 Å². The van der Waals surface area contributed by atoms with Gasteiger partial charge in [-0.25, -0.2) is 4.98 Å². The highest BCUT2D eigenvalue weighted by Gasteiger charge is 2.13. The van der Waals surface area contributed by atoms with Gasteiger partial charge in [0.1, 0.15) is 18.1 Å². The van der Waals surface area contributed by atoms with E-state index in [1.54, 1.807) is 12.1 Å². The third-order valence-corrected chi connectivity index (χ3v) is 4.73. The Bertz CT molecular complexity index is 1010. The summed E-state index contributed by atoms with van der Waals surface area (Å²) in [6, 6.07) is 17.3. The number of ether oxygens (including phenoxy) is 1. The molecule has 0 radical (unpaired) electrons. The first-order valence-electron chi connectivity index (χ1n) is 10.2. The average Bonchev–Trinajstić information content (AvgIpc) is 3.14. The molecular formula is C24H27N3O4. The van der Waals surface area contributed by atoms with E-state index >= 15 is 0 Å². The van der Waals surface area contributed by atoms with E-state index in [-0.39, 0.29) is 18.4 Å². The fourth-order valence-corrected chi connectivity index (χ4v) is 3.14. The standard InChI is InChI=1S/C24H27N3O4/c1-17-21(15-25-22(28)13-6-10-18-8-4-3-5-9-18)27-24(31-17)19-11-7-12-20(14-19)26-23(29)16-30-2/h3-5,7-9,11-12,14H,6,10,13,15-16H2,1-2H3,(H,25,28)(H,26,29). The SMILES string of the molecule is COCC(=O)Nc1cccc(-c2nc(CNC(=O)CCCc3ccccc3)c(C)o2)c1. The van der Waals surface area contributed by atoms with Crippen molar-refractivity contribution in [2.75, 3.05) is 19.0 Å². The Kier molecular flexibility index (Phi) is 7.95. The minimum Gasteiger partial charge on any atom is -0.441 e. The zero-order chi connectivity index (χ0) is 22.1. The number of nitrogens with zero attached hydrogens (tertiary/aromatic N) is 1. The molecule has 0 aliphatic heterocycles. The highest BCUT2D eigenvalue weighted by molar-refractivity contribution is 5.92. The number of carbonyl (C=O) groups excluding carboxylic acids is 2. The predicted molar refractivity (Wildman–Crippen MR) is 118 cm³/mol. The Morgan fingerprint density at radius 1 is 1.06 bits per heavy atom. The molecule has 0 saturated carbocycles. The van der Waals surface area contributed by atoms with Gasteiger partial charge in [-0.05, 0) is 43.5 Å². The molecule has 7 heteroatoms. The van der Waals surface area contributed by atoms with Crippen molar-refractivity contribution < 1.29 is 18.7 Å². The molecule has 0 atom stereocenters. The molecule has 0 fully saturated rings. The summed E-state index contributed by atoms with van der Waals surface area (Å²) in [7, 11) is 1.47. The lowest BCUT2D eigenvalue weighted by Gasteiger charge is -2.05. The number of methoxy groups -OCH3 is 1. The third kappa shape index (κ3) is 6.79. The van der Waals surface area contributed by atoms with Crippen molar-refractivity contribution in [3.05, 3.63) is 71.6 Å². The Morgan fingerprint density at radius 2 is 1.87 bits per heavy atom. The molecule has 2 N–H and O–H groups in total. The summed E-state index contributed by atoms with van der Waals surface area (Å²) in [5.41, 5.74) is 3.27. The molecule has 3 aromatic rings. The maximum Gasteiger partial charge on any atom is 0.250 e. The topological polar surface area (TPSA) is 93.5 Å². The number of hydrogen-bond donors (Lipinski definition) is 2. The van der Waals surface area contributed by atoms with Gasteiger partial charge in [0.25, 0.3) is 0 Å². The van der Waals surface area contributed by atoms with Gasteiger partial charge in [0.2, 0.25) is 17.7 Å². The lowest BCUT2D eigenvalue weighted by atomic mass is 10.1. The summed E-state index contributed by atoms with van der Waals surface area (Å²) >= 11 is 0. The second-order valence-corrected chi connectivity index (χ2v) is 7.20. The smallest absolute Gasteiger partial charge is 0.250 e. The highest BCUT2D eigenvalue weighted by atomic mass is 16.5. The van der Waals surface area contributed by atoms with Crippen LogP contribution in [-0.2, 0) is 27.3 Å². The summed E-state index contributed by atoms with van der Waals surface area (Å²) in [6.45, 7) is 2.11. The van der Waals surface area contributed by atoms with Crippen molar-refractivity contribution in [3.63, 3.8) is 0 Å². The number of amides is 2. The summed E-state index contributed by atoms with van der Waals surface area (Å²) in [5, 5.41) is 5.67. The van der Waals surface area contributed by atoms with Crippen molar-refractivity contribution in [3.8, 4) is 11.5 Å². The Labute approximate surface area is 181 Å². The Morgan fingerprint density at radius 3 is 2.65 bits per heavy atom. The van der Waals surface area contributed by atoms with Crippen molar-refractivity contribution >= 4 is 17.5 Å². The van der Waals surface area contributed by atoms with Crippen molar-refractivity contribution in [2.24, 2.45) is 0 Å². The number of rotatable bonds is 10. The number of hydrogen-bond acceptors (Lipinski definition) is 5. The normalized spacial score (nSPS) is 10.6. The second-order valence-electron chi connectivity index (χ2n) is 7.20. The summed E-state index contributed by atoms with van der Waals surface area (Å²) < 4.78 is 10.6. The Hall–Kier alpha value is -3.45. The number of anilines is 1. The molecule has 2 amide bonds. The van der Waals surface area contributed by atoms with Gasteiger partial charge >= 0.3 is 0 Å². The van der Waals surface area contributed by atoms with Crippen molar-refractivity contribution in [2.45, 2.75) is 32.7 Å². The molecule has 1 heterocycles. The van der Waals surface area contributed by atoms with Gasteiger partial charge in [-0.3, -0.25) is 9.59 Å². The maximum atomic E-state index is 12.2. The minimum absolute atomic E-state index is 0.0114. The molecule has 0 spiro atoms. The first-order valence-corrected chi connectivity index (χ1v) is 10.2. The van der Waals surface area contributed by atoms with Gasteiger partial charge in [-0.1, -0.05) is 36.4 Å². The molecule has 7 nitrogen and oxygen atoms in total. The number of oxazole rings is 1. The van der Waals surface area contributed by atoms with Crippen LogP contribution in [0.25, 0.3) is 11.5 Å². The van der Waals surface area contributed by atoms with Crippen molar-refractivity contribution in [1.29, 1.82) is 0 Å². The molecule has 0 saturated heterocycles. The van der Waals surface area contributed by atoms with E-state index in [4.69, 9.17) is 9.15 Å². The van der Waals surface area contributed by atoms with Crippen LogP contribution in [0.3, 0.4) is 0 Å². The van der Waals surface area contributed by atoms with Gasteiger partial charge in [-0.2, -0.15) is 0 Å². The number of aromatic nitrogens is 1. The molecule has 162 valence electrons. The van der Waals surface area contributed by atoms with Gasteiger partial charge in [-0.15, -0.1) is 0 Å². The molecular weight excluding hydrogens is 394 g/mol. The maximum absolute atomic E-state index is 12.2. The lowest BCUT2D eigenvalue weighted by molar-refractivity contribution is -0.121. The van der Waals surface area contributed by atoms with Gasteiger partial charge in [0, 0.05) is 24.8 Å². The van der Waals surface area contributed by atoms with Crippen LogP contribution in [0.4, 0.5) is 5.69 Å². The summed E-state index contributed by atoms with van der Waals surface area (Å²) in [6.07, 6.45) is 2.13. The van der Waals surface area contributed by atoms with E-state index in [9.17, 15) is 9.59 Å². The molecule has 3 rings (SSSR count). The number of aryl methyl sites for hydroxylation is 2. The van der Waals surface area contributed by atoms with E-state index in [1.165, 1.54) is 12.7 Å². The molecule has 0 bridgehead atoms. The first kappa shape index (κ1) is 22.2. The number of benzene rings is 2. The van der Waals surface area contributed by atoms with Crippen LogP contribution < -0.4 is 10.6 Å².